The highest BCUT2D eigenvalue weighted by Gasteiger charge is 2.24. The molecule has 0 aliphatic carbocycles. The molecule has 1 aliphatic rings. The maximum Gasteiger partial charge on any atom is 0.306 e. The second-order valence-electron chi connectivity index (χ2n) is 4.55. The molecule has 1 fully saturated rings. The van der Waals surface area contributed by atoms with E-state index in [4.69, 9.17) is 15.6 Å². The van der Waals surface area contributed by atoms with Crippen molar-refractivity contribution in [2.75, 3.05) is 18.0 Å². The SMILES string of the molecule is N#Cc1ccc(N2CCC(C(=O)O)CC2)cc1C#N. The first-order valence-corrected chi connectivity index (χ1v) is 6.07. The number of hydrogen-bond acceptors (Lipinski definition) is 4. The summed E-state index contributed by atoms with van der Waals surface area (Å²) in [6, 6.07) is 9.13. The van der Waals surface area contributed by atoms with Crippen LogP contribution in [0.25, 0.3) is 0 Å². The van der Waals surface area contributed by atoms with Gasteiger partial charge in [-0.25, -0.2) is 0 Å². The van der Waals surface area contributed by atoms with Crippen molar-refractivity contribution in [2.24, 2.45) is 5.92 Å². The van der Waals surface area contributed by atoms with E-state index in [1.807, 2.05) is 12.1 Å². The van der Waals surface area contributed by atoms with Crippen LogP contribution in [0.1, 0.15) is 24.0 Å². The smallest absolute Gasteiger partial charge is 0.306 e. The van der Waals surface area contributed by atoms with Crippen LogP contribution in [-0.4, -0.2) is 24.2 Å². The Kier molecular flexibility index (Phi) is 3.68. The van der Waals surface area contributed by atoms with Crippen LogP contribution in [0, 0.1) is 28.6 Å². The Balaban J connectivity index is 2.15. The van der Waals surface area contributed by atoms with Crippen LogP contribution in [-0.2, 0) is 4.79 Å². The number of aliphatic carboxylic acids is 1. The third-order valence-electron chi connectivity index (χ3n) is 3.45. The van der Waals surface area contributed by atoms with Gasteiger partial charge >= 0.3 is 5.97 Å². The normalized spacial score (nSPS) is 15.6. The summed E-state index contributed by atoms with van der Waals surface area (Å²) >= 11 is 0. The van der Waals surface area contributed by atoms with E-state index in [0.717, 1.165) is 5.69 Å². The first-order chi connectivity index (χ1) is 9.15. The maximum atomic E-state index is 10.9. The Bertz CT molecular complexity index is 575. The standard InChI is InChI=1S/C14H13N3O2/c15-8-11-1-2-13(7-12(11)9-16)17-5-3-10(4-6-17)14(18)19/h1-2,7,10H,3-6H2,(H,18,19). The summed E-state index contributed by atoms with van der Waals surface area (Å²) < 4.78 is 0. The molecule has 5 nitrogen and oxygen atoms in total. The van der Waals surface area contributed by atoms with E-state index in [9.17, 15) is 4.79 Å². The van der Waals surface area contributed by atoms with E-state index in [-0.39, 0.29) is 5.92 Å². The Hall–Kier alpha value is -2.53. The molecule has 0 amide bonds. The molecule has 1 aromatic carbocycles. The summed E-state index contributed by atoms with van der Waals surface area (Å²) in [7, 11) is 0. The zero-order chi connectivity index (χ0) is 13.8. The lowest BCUT2D eigenvalue weighted by Gasteiger charge is -2.32. The molecule has 1 aliphatic heterocycles. The first kappa shape index (κ1) is 12.9. The summed E-state index contributed by atoms with van der Waals surface area (Å²) in [5.74, 6) is -1.01. The van der Waals surface area contributed by atoms with Crippen molar-refractivity contribution in [1.82, 2.24) is 0 Å². The Morgan fingerprint density at radius 1 is 1.21 bits per heavy atom. The molecule has 5 heteroatoms. The van der Waals surface area contributed by atoms with E-state index < -0.39 is 5.97 Å². The zero-order valence-corrected chi connectivity index (χ0v) is 10.3. The van der Waals surface area contributed by atoms with Crippen molar-refractivity contribution in [1.29, 1.82) is 10.5 Å². The Morgan fingerprint density at radius 3 is 2.37 bits per heavy atom. The van der Waals surface area contributed by atoms with Crippen molar-refractivity contribution in [3.8, 4) is 12.1 Å². The molecule has 0 saturated carbocycles. The number of carboxylic acids is 1. The fraction of sp³-hybridized carbons (Fsp3) is 0.357. The molecule has 0 radical (unpaired) electrons. The Labute approximate surface area is 111 Å². The number of piperidine rings is 1. The van der Waals surface area contributed by atoms with Gasteiger partial charge in [-0.3, -0.25) is 4.79 Å². The lowest BCUT2D eigenvalue weighted by Crippen LogP contribution is -2.36. The van der Waals surface area contributed by atoms with Gasteiger partial charge in [0.15, 0.2) is 0 Å². The molecule has 0 unspecified atom stereocenters. The average Bonchev–Trinajstić information content (AvgIpc) is 2.46. The van der Waals surface area contributed by atoms with Crippen LogP contribution < -0.4 is 4.90 Å². The van der Waals surface area contributed by atoms with Crippen LogP contribution in [0.5, 0.6) is 0 Å². The Morgan fingerprint density at radius 2 is 1.84 bits per heavy atom. The van der Waals surface area contributed by atoms with Crippen LogP contribution in [0.2, 0.25) is 0 Å². The monoisotopic (exact) mass is 255 g/mol. The van der Waals surface area contributed by atoms with Crippen LogP contribution in [0.15, 0.2) is 18.2 Å². The number of benzene rings is 1. The second-order valence-corrected chi connectivity index (χ2v) is 4.55. The zero-order valence-electron chi connectivity index (χ0n) is 10.3. The first-order valence-electron chi connectivity index (χ1n) is 6.07. The van der Waals surface area contributed by atoms with E-state index in [1.54, 1.807) is 18.2 Å². The fourth-order valence-electron chi connectivity index (χ4n) is 2.30. The molecule has 96 valence electrons. The van der Waals surface area contributed by atoms with Gasteiger partial charge in [0.05, 0.1) is 17.0 Å². The number of carbonyl (C=O) groups is 1. The van der Waals surface area contributed by atoms with Crippen molar-refractivity contribution >= 4 is 11.7 Å². The van der Waals surface area contributed by atoms with E-state index in [2.05, 4.69) is 4.90 Å². The van der Waals surface area contributed by atoms with Gasteiger partial charge < -0.3 is 10.0 Å². The highest BCUT2D eigenvalue weighted by atomic mass is 16.4. The van der Waals surface area contributed by atoms with Gasteiger partial charge in [-0.1, -0.05) is 0 Å². The minimum absolute atomic E-state index is 0.273. The summed E-state index contributed by atoms with van der Waals surface area (Å²) in [6.07, 6.45) is 1.22. The quantitative estimate of drug-likeness (QED) is 0.869. The number of anilines is 1. The molecule has 0 bridgehead atoms. The molecule has 1 heterocycles. The summed E-state index contributed by atoms with van der Waals surface area (Å²) in [5, 5.41) is 26.8. The molecular weight excluding hydrogens is 242 g/mol. The molecule has 0 atom stereocenters. The van der Waals surface area contributed by atoms with Crippen molar-refractivity contribution < 1.29 is 9.90 Å². The van der Waals surface area contributed by atoms with Crippen molar-refractivity contribution in [3.63, 3.8) is 0 Å². The van der Waals surface area contributed by atoms with Crippen LogP contribution >= 0.6 is 0 Å². The minimum Gasteiger partial charge on any atom is -0.481 e. The van der Waals surface area contributed by atoms with Crippen LogP contribution in [0.3, 0.4) is 0 Å². The summed E-state index contributed by atoms with van der Waals surface area (Å²) in [5.41, 5.74) is 1.60. The number of hydrogen-bond donors (Lipinski definition) is 1. The minimum atomic E-state index is -0.739. The molecule has 0 spiro atoms. The van der Waals surface area contributed by atoms with E-state index in [0.29, 0.717) is 37.1 Å². The largest absolute Gasteiger partial charge is 0.481 e. The van der Waals surface area contributed by atoms with Crippen molar-refractivity contribution in [2.45, 2.75) is 12.8 Å². The van der Waals surface area contributed by atoms with Gasteiger partial charge in [-0.15, -0.1) is 0 Å². The molecule has 1 aromatic rings. The third-order valence-corrected chi connectivity index (χ3v) is 3.45. The number of nitrogens with zero attached hydrogens (tertiary/aromatic N) is 3. The lowest BCUT2D eigenvalue weighted by atomic mass is 9.96. The molecule has 19 heavy (non-hydrogen) atoms. The molecule has 0 aromatic heterocycles. The predicted molar refractivity (Wildman–Crippen MR) is 68.4 cm³/mol. The number of carboxylic acid groups (broad SMARTS) is 1. The molecule has 1 N–H and O–H groups in total. The summed E-state index contributed by atoms with van der Waals surface area (Å²) in [6.45, 7) is 1.32. The number of nitriles is 2. The molecule has 1 saturated heterocycles. The van der Waals surface area contributed by atoms with Gasteiger partial charge in [0.25, 0.3) is 0 Å². The van der Waals surface area contributed by atoms with Gasteiger partial charge in [-0.05, 0) is 31.0 Å². The van der Waals surface area contributed by atoms with Crippen LogP contribution in [0.4, 0.5) is 5.69 Å². The van der Waals surface area contributed by atoms with E-state index >= 15 is 0 Å². The highest BCUT2D eigenvalue weighted by molar-refractivity contribution is 5.70. The molecule has 2 rings (SSSR count). The molecular formula is C14H13N3O2. The van der Waals surface area contributed by atoms with Gasteiger partial charge in [0.2, 0.25) is 0 Å². The topological polar surface area (TPSA) is 88.1 Å². The second kappa shape index (κ2) is 5.41. The van der Waals surface area contributed by atoms with Gasteiger partial charge in [0, 0.05) is 18.8 Å². The highest BCUT2D eigenvalue weighted by Crippen LogP contribution is 2.25. The van der Waals surface area contributed by atoms with Gasteiger partial charge in [0.1, 0.15) is 12.1 Å². The van der Waals surface area contributed by atoms with Gasteiger partial charge in [-0.2, -0.15) is 10.5 Å². The lowest BCUT2D eigenvalue weighted by molar-refractivity contribution is -0.142. The maximum absolute atomic E-state index is 10.9. The number of rotatable bonds is 2. The van der Waals surface area contributed by atoms with Crippen molar-refractivity contribution in [3.05, 3.63) is 29.3 Å². The third kappa shape index (κ3) is 2.66. The summed E-state index contributed by atoms with van der Waals surface area (Å²) in [4.78, 5) is 12.9. The predicted octanol–water partition coefficient (Wildman–Crippen LogP) is 1.73. The van der Waals surface area contributed by atoms with E-state index in [1.165, 1.54) is 0 Å². The average molecular weight is 255 g/mol. The fourth-order valence-corrected chi connectivity index (χ4v) is 2.30.